The third-order valence-electron chi connectivity index (χ3n) is 4.55. The lowest BCUT2D eigenvalue weighted by Gasteiger charge is -2.37. The van der Waals surface area contributed by atoms with Crippen molar-refractivity contribution < 1.29 is 22.8 Å². The Labute approximate surface area is 131 Å². The Morgan fingerprint density at radius 1 is 1.04 bits per heavy atom. The average molecular weight is 321 g/mol. The van der Waals surface area contributed by atoms with Gasteiger partial charge in [-0.05, 0) is 17.7 Å². The van der Waals surface area contributed by atoms with Crippen LogP contribution in [0.1, 0.15) is 11.5 Å². The highest BCUT2D eigenvalue weighted by atomic mass is 19.4. The zero-order valence-electron chi connectivity index (χ0n) is 12.2. The highest BCUT2D eigenvalue weighted by Crippen LogP contribution is 2.53. The minimum absolute atomic E-state index is 0.307. The predicted molar refractivity (Wildman–Crippen MR) is 77.5 cm³/mol. The third kappa shape index (κ3) is 2.29. The predicted octanol–water partition coefficient (Wildman–Crippen LogP) is 2.85. The van der Waals surface area contributed by atoms with Crippen LogP contribution in [0.2, 0.25) is 0 Å². The molecule has 3 rings (SSSR count). The lowest BCUT2D eigenvalue weighted by atomic mass is 9.73. The Morgan fingerprint density at radius 2 is 1.61 bits per heavy atom. The number of halogens is 3. The number of carbonyl (C=O) groups is 2. The summed E-state index contributed by atoms with van der Waals surface area (Å²) < 4.78 is 40.7. The molecule has 3 nitrogen and oxygen atoms in total. The summed E-state index contributed by atoms with van der Waals surface area (Å²) in [5.41, 5.74) is -0.872. The first-order valence-electron chi connectivity index (χ1n) is 7.09. The molecular weight excluding hydrogens is 307 g/mol. The van der Waals surface area contributed by atoms with Gasteiger partial charge in [0.1, 0.15) is 5.92 Å². The highest BCUT2D eigenvalue weighted by molar-refractivity contribution is 6.01. The fourth-order valence-electron chi connectivity index (χ4n) is 3.44. The number of rotatable bonds is 1. The molecule has 0 aromatic heterocycles. The van der Waals surface area contributed by atoms with Gasteiger partial charge in [0.05, 0.1) is 5.54 Å². The number of amides is 1. The minimum atomic E-state index is -4.67. The maximum atomic E-state index is 13.6. The van der Waals surface area contributed by atoms with E-state index in [0.29, 0.717) is 5.56 Å². The second-order valence-corrected chi connectivity index (χ2v) is 5.76. The molecule has 120 valence electrons. The van der Waals surface area contributed by atoms with Crippen LogP contribution in [-0.4, -0.2) is 35.4 Å². The lowest BCUT2D eigenvalue weighted by molar-refractivity contribution is -0.183. The maximum Gasteiger partial charge on any atom is 0.401 e. The van der Waals surface area contributed by atoms with Gasteiger partial charge in [0.2, 0.25) is 5.91 Å². The molecule has 23 heavy (non-hydrogen) atoms. The van der Waals surface area contributed by atoms with Crippen molar-refractivity contribution in [3.63, 3.8) is 0 Å². The number of benzene rings is 1. The molecule has 1 heterocycles. The van der Waals surface area contributed by atoms with Crippen LogP contribution in [0, 0.1) is 5.92 Å². The van der Waals surface area contributed by atoms with Gasteiger partial charge in [0.25, 0.3) is 0 Å². The van der Waals surface area contributed by atoms with E-state index in [2.05, 4.69) is 0 Å². The van der Waals surface area contributed by atoms with E-state index >= 15 is 0 Å². The van der Waals surface area contributed by atoms with Crippen LogP contribution in [0.3, 0.4) is 0 Å². The first-order valence-corrected chi connectivity index (χ1v) is 7.09. The summed E-state index contributed by atoms with van der Waals surface area (Å²) in [6, 6.07) is 8.14. The number of likely N-dealkylation sites (tertiary alicyclic amines) is 1. The second-order valence-electron chi connectivity index (χ2n) is 5.76. The summed E-state index contributed by atoms with van der Waals surface area (Å²) in [5, 5.41) is 0. The van der Waals surface area contributed by atoms with Gasteiger partial charge in [-0.2, -0.15) is 13.2 Å². The van der Waals surface area contributed by atoms with Gasteiger partial charge in [-0.3, -0.25) is 9.59 Å². The van der Waals surface area contributed by atoms with Crippen molar-refractivity contribution in [1.82, 2.24) is 4.90 Å². The molecule has 1 saturated heterocycles. The number of allylic oxidation sites excluding steroid dienone is 2. The Bertz CT molecular complexity index is 690. The van der Waals surface area contributed by atoms with Crippen LogP contribution in [0.15, 0.2) is 54.6 Å². The number of nitrogens with zero attached hydrogens (tertiary/aromatic N) is 1. The first-order chi connectivity index (χ1) is 10.8. The molecule has 1 aliphatic carbocycles. The van der Waals surface area contributed by atoms with E-state index in [0.717, 1.165) is 4.90 Å². The molecule has 0 N–H and O–H groups in total. The van der Waals surface area contributed by atoms with Gasteiger partial charge in [-0.15, -0.1) is 0 Å². The molecule has 0 saturated carbocycles. The Balaban J connectivity index is 2.22. The van der Waals surface area contributed by atoms with Crippen molar-refractivity contribution in [2.45, 2.75) is 17.6 Å². The Hall–Kier alpha value is -2.37. The molecule has 1 fully saturated rings. The number of carbonyl (C=O) groups excluding carboxylic acids is 2. The van der Waals surface area contributed by atoms with Gasteiger partial charge in [-0.1, -0.05) is 42.5 Å². The molecule has 2 aliphatic rings. The average Bonchev–Trinajstić information content (AvgIpc) is 2.73. The molecule has 0 unspecified atom stereocenters. The van der Waals surface area contributed by atoms with Gasteiger partial charge >= 0.3 is 6.18 Å². The Kier molecular flexibility index (Phi) is 3.43. The van der Waals surface area contributed by atoms with Crippen molar-refractivity contribution in [2.75, 3.05) is 7.05 Å². The van der Waals surface area contributed by atoms with E-state index in [1.165, 1.54) is 31.4 Å². The lowest BCUT2D eigenvalue weighted by Crippen LogP contribution is -2.44. The number of alkyl halides is 3. The van der Waals surface area contributed by atoms with E-state index < -0.39 is 29.5 Å². The summed E-state index contributed by atoms with van der Waals surface area (Å²) in [7, 11) is 1.34. The van der Waals surface area contributed by atoms with Gasteiger partial charge in [0.15, 0.2) is 5.78 Å². The highest BCUT2D eigenvalue weighted by Gasteiger charge is 2.64. The van der Waals surface area contributed by atoms with E-state index in [1.54, 1.807) is 30.3 Å². The number of hydrogen-bond acceptors (Lipinski definition) is 2. The molecule has 1 aromatic carbocycles. The van der Waals surface area contributed by atoms with Crippen LogP contribution in [0.25, 0.3) is 0 Å². The molecular formula is C17H14F3NO2. The number of likely N-dealkylation sites (N-methyl/N-ethyl adjacent to an activating group) is 1. The van der Waals surface area contributed by atoms with Crippen molar-refractivity contribution in [3.8, 4) is 0 Å². The normalized spacial score (nSPS) is 26.3. The summed E-state index contributed by atoms with van der Waals surface area (Å²) in [5.74, 6) is -4.58. The van der Waals surface area contributed by atoms with E-state index in [9.17, 15) is 22.8 Å². The molecule has 0 bridgehead atoms. The number of ketones is 1. The smallest absolute Gasteiger partial charge is 0.332 e. The maximum absolute atomic E-state index is 13.6. The molecule has 2 atom stereocenters. The standard InChI is InChI=1S/C17H14F3NO2/c1-21-15(23)14(17(18,19)20)13(11-5-3-2-4-6-11)16(21)9-7-12(22)8-10-16/h2-10,13-14H,1H3/t13-,14-/m1/s1. The molecule has 0 radical (unpaired) electrons. The summed E-state index contributed by atoms with van der Waals surface area (Å²) in [4.78, 5) is 24.8. The molecule has 1 aliphatic heterocycles. The quantitative estimate of drug-likeness (QED) is 0.798. The van der Waals surface area contributed by atoms with Gasteiger partial charge < -0.3 is 4.90 Å². The monoisotopic (exact) mass is 321 g/mol. The van der Waals surface area contributed by atoms with E-state index in [1.807, 2.05) is 0 Å². The molecule has 1 spiro atoms. The zero-order valence-corrected chi connectivity index (χ0v) is 12.2. The molecule has 6 heteroatoms. The summed E-state index contributed by atoms with van der Waals surface area (Å²) in [6.45, 7) is 0. The number of hydrogen-bond donors (Lipinski definition) is 0. The van der Waals surface area contributed by atoms with Crippen LogP contribution in [0.4, 0.5) is 13.2 Å². The van der Waals surface area contributed by atoms with Crippen molar-refractivity contribution in [2.24, 2.45) is 5.92 Å². The van der Waals surface area contributed by atoms with Crippen LogP contribution in [0.5, 0.6) is 0 Å². The fraction of sp³-hybridized carbons (Fsp3) is 0.294. The van der Waals surface area contributed by atoms with Crippen LogP contribution >= 0.6 is 0 Å². The third-order valence-corrected chi connectivity index (χ3v) is 4.55. The first kappa shape index (κ1) is 15.5. The molecule has 1 amide bonds. The minimum Gasteiger partial charge on any atom is -0.332 e. The SMILES string of the molecule is CN1C(=O)[C@H](C(F)(F)F)[C@@H](c2ccccc2)C12C=CC(=O)C=C2. The van der Waals surface area contributed by atoms with Crippen LogP contribution in [-0.2, 0) is 9.59 Å². The molecule has 1 aromatic rings. The van der Waals surface area contributed by atoms with Crippen molar-refractivity contribution >= 4 is 11.7 Å². The van der Waals surface area contributed by atoms with Crippen molar-refractivity contribution in [1.29, 1.82) is 0 Å². The topological polar surface area (TPSA) is 37.4 Å². The van der Waals surface area contributed by atoms with Gasteiger partial charge in [-0.25, -0.2) is 0 Å². The van der Waals surface area contributed by atoms with Gasteiger partial charge in [0, 0.05) is 13.0 Å². The Morgan fingerprint density at radius 3 is 2.13 bits per heavy atom. The second kappa shape index (κ2) is 5.08. The summed E-state index contributed by atoms with van der Waals surface area (Å²) >= 11 is 0. The fourth-order valence-corrected chi connectivity index (χ4v) is 3.44. The van der Waals surface area contributed by atoms with E-state index in [4.69, 9.17) is 0 Å². The van der Waals surface area contributed by atoms with E-state index in [-0.39, 0.29) is 5.78 Å². The largest absolute Gasteiger partial charge is 0.401 e. The zero-order chi connectivity index (χ0) is 16.8. The van der Waals surface area contributed by atoms with Crippen molar-refractivity contribution in [3.05, 3.63) is 60.2 Å². The summed E-state index contributed by atoms with van der Waals surface area (Å²) in [6.07, 6.45) is 0.572. The van der Waals surface area contributed by atoms with Crippen LogP contribution < -0.4 is 0 Å².